The average Bonchev–Trinajstić information content (AvgIpc) is 2.67. The smallest absolute Gasteiger partial charge is 0.0737 e. The second-order valence-electron chi connectivity index (χ2n) is 3.40. The molecule has 1 aromatic rings. The van der Waals surface area contributed by atoms with E-state index < -0.39 is 5.54 Å². The number of unbranched alkanes of at least 4 members (excludes halogenated alkanes) is 1. The van der Waals surface area contributed by atoms with Crippen LogP contribution in [0.5, 0.6) is 0 Å². The maximum Gasteiger partial charge on any atom is 0.0737 e. The van der Waals surface area contributed by atoms with E-state index >= 15 is 0 Å². The van der Waals surface area contributed by atoms with E-state index in [0.717, 1.165) is 24.1 Å². The van der Waals surface area contributed by atoms with E-state index in [2.05, 4.69) is 6.92 Å². The maximum absolute atomic E-state index is 9.27. The van der Waals surface area contributed by atoms with Crippen LogP contribution in [0.15, 0.2) is 17.5 Å². The Morgan fingerprint density at radius 3 is 2.85 bits per heavy atom. The zero-order valence-electron chi connectivity index (χ0n) is 7.99. The first-order valence-electron chi connectivity index (χ1n) is 4.66. The zero-order chi connectivity index (χ0) is 9.73. The summed E-state index contributed by atoms with van der Waals surface area (Å²) in [4.78, 5) is 1.09. The molecule has 0 fully saturated rings. The van der Waals surface area contributed by atoms with E-state index in [1.54, 1.807) is 11.3 Å². The Morgan fingerprint density at radius 1 is 1.62 bits per heavy atom. The molecule has 0 radical (unpaired) electrons. The highest BCUT2D eigenvalue weighted by Crippen LogP contribution is 2.27. The summed E-state index contributed by atoms with van der Waals surface area (Å²) in [6, 6.07) is 3.97. The number of aliphatic hydroxyl groups is 1. The Balaban J connectivity index is 2.69. The molecule has 0 amide bonds. The third kappa shape index (κ3) is 2.53. The van der Waals surface area contributed by atoms with Crippen molar-refractivity contribution in [2.45, 2.75) is 31.7 Å². The molecule has 0 aliphatic carbocycles. The zero-order valence-corrected chi connectivity index (χ0v) is 8.81. The molecule has 74 valence electrons. The topological polar surface area (TPSA) is 46.2 Å². The number of thiophene rings is 1. The first kappa shape index (κ1) is 10.7. The molecule has 0 saturated carbocycles. The summed E-state index contributed by atoms with van der Waals surface area (Å²) in [5, 5.41) is 11.3. The molecular weight excluding hydrogens is 182 g/mol. The average molecular weight is 199 g/mol. The van der Waals surface area contributed by atoms with E-state index in [9.17, 15) is 5.11 Å². The summed E-state index contributed by atoms with van der Waals surface area (Å²) >= 11 is 1.62. The predicted octanol–water partition coefficient (Wildman–Crippen LogP) is 2.08. The van der Waals surface area contributed by atoms with Crippen molar-refractivity contribution in [2.75, 3.05) is 6.61 Å². The van der Waals surface area contributed by atoms with Crippen molar-refractivity contribution < 1.29 is 5.11 Å². The third-order valence-electron chi connectivity index (χ3n) is 2.27. The molecule has 3 heteroatoms. The molecule has 0 aromatic carbocycles. The standard InChI is InChI=1S/C10H17NOS/c1-2-3-6-10(11,8-12)9-5-4-7-13-9/h4-5,7,12H,2-3,6,8,11H2,1H3/t10-/m0/s1. The van der Waals surface area contributed by atoms with Crippen LogP contribution in [0.4, 0.5) is 0 Å². The normalized spacial score (nSPS) is 15.6. The summed E-state index contributed by atoms with van der Waals surface area (Å²) in [5.74, 6) is 0. The maximum atomic E-state index is 9.27. The molecule has 13 heavy (non-hydrogen) atoms. The van der Waals surface area contributed by atoms with Gasteiger partial charge in [-0.05, 0) is 17.9 Å². The van der Waals surface area contributed by atoms with Gasteiger partial charge in [0.1, 0.15) is 0 Å². The van der Waals surface area contributed by atoms with Crippen LogP contribution in [-0.2, 0) is 5.54 Å². The first-order chi connectivity index (χ1) is 6.23. The number of aliphatic hydroxyl groups excluding tert-OH is 1. The third-order valence-corrected chi connectivity index (χ3v) is 3.36. The molecule has 3 N–H and O–H groups in total. The Kier molecular flexibility index (Phi) is 3.90. The fourth-order valence-electron chi connectivity index (χ4n) is 1.33. The van der Waals surface area contributed by atoms with Gasteiger partial charge in [-0.15, -0.1) is 11.3 Å². The molecule has 0 saturated heterocycles. The fraction of sp³-hybridized carbons (Fsp3) is 0.600. The van der Waals surface area contributed by atoms with Crippen LogP contribution in [0.3, 0.4) is 0 Å². The first-order valence-corrected chi connectivity index (χ1v) is 5.54. The van der Waals surface area contributed by atoms with E-state index in [0.29, 0.717) is 0 Å². The molecule has 1 aromatic heterocycles. The van der Waals surface area contributed by atoms with Crippen LogP contribution in [0.1, 0.15) is 31.1 Å². The summed E-state index contributed by atoms with van der Waals surface area (Å²) in [7, 11) is 0. The van der Waals surface area contributed by atoms with Gasteiger partial charge in [-0.3, -0.25) is 0 Å². The number of nitrogens with two attached hydrogens (primary N) is 1. The monoisotopic (exact) mass is 199 g/mol. The van der Waals surface area contributed by atoms with Crippen molar-refractivity contribution >= 4 is 11.3 Å². The van der Waals surface area contributed by atoms with Crippen LogP contribution >= 0.6 is 11.3 Å². The second kappa shape index (κ2) is 4.74. The van der Waals surface area contributed by atoms with Crippen molar-refractivity contribution in [1.29, 1.82) is 0 Å². The molecule has 0 bridgehead atoms. The van der Waals surface area contributed by atoms with Crippen molar-refractivity contribution in [2.24, 2.45) is 5.73 Å². The lowest BCUT2D eigenvalue weighted by Gasteiger charge is -2.25. The van der Waals surface area contributed by atoms with Crippen LogP contribution in [-0.4, -0.2) is 11.7 Å². The van der Waals surface area contributed by atoms with Gasteiger partial charge in [-0.25, -0.2) is 0 Å². The SMILES string of the molecule is CCCC[C@](N)(CO)c1cccs1. The lowest BCUT2D eigenvalue weighted by atomic mass is 9.93. The quantitative estimate of drug-likeness (QED) is 0.762. The highest BCUT2D eigenvalue weighted by Gasteiger charge is 2.26. The van der Waals surface area contributed by atoms with Gasteiger partial charge in [-0.1, -0.05) is 25.8 Å². The van der Waals surface area contributed by atoms with E-state index in [1.165, 1.54) is 0 Å². The van der Waals surface area contributed by atoms with Gasteiger partial charge in [-0.2, -0.15) is 0 Å². The van der Waals surface area contributed by atoms with Gasteiger partial charge in [0.2, 0.25) is 0 Å². The molecular formula is C10H17NOS. The Hall–Kier alpha value is -0.380. The van der Waals surface area contributed by atoms with Crippen LogP contribution < -0.4 is 5.73 Å². The molecule has 0 unspecified atom stereocenters. The number of hydrogen-bond acceptors (Lipinski definition) is 3. The highest BCUT2D eigenvalue weighted by molar-refractivity contribution is 7.10. The lowest BCUT2D eigenvalue weighted by molar-refractivity contribution is 0.187. The lowest BCUT2D eigenvalue weighted by Crippen LogP contribution is -2.39. The van der Waals surface area contributed by atoms with Crippen LogP contribution in [0, 0.1) is 0 Å². The molecule has 1 rings (SSSR count). The van der Waals surface area contributed by atoms with Crippen molar-refractivity contribution in [3.05, 3.63) is 22.4 Å². The summed E-state index contributed by atoms with van der Waals surface area (Å²) in [5.41, 5.74) is 5.60. The predicted molar refractivity (Wildman–Crippen MR) is 56.8 cm³/mol. The molecule has 2 nitrogen and oxygen atoms in total. The van der Waals surface area contributed by atoms with Gasteiger partial charge in [0.05, 0.1) is 12.1 Å². The van der Waals surface area contributed by atoms with Gasteiger partial charge in [0.15, 0.2) is 0 Å². The Bertz CT molecular complexity index is 235. The minimum Gasteiger partial charge on any atom is -0.394 e. The Morgan fingerprint density at radius 2 is 2.38 bits per heavy atom. The molecule has 0 aliphatic heterocycles. The summed E-state index contributed by atoms with van der Waals surface area (Å²) in [6.07, 6.45) is 3.04. The van der Waals surface area contributed by atoms with Gasteiger partial charge in [0, 0.05) is 4.88 Å². The van der Waals surface area contributed by atoms with Gasteiger partial charge < -0.3 is 10.8 Å². The van der Waals surface area contributed by atoms with Crippen molar-refractivity contribution in [3.8, 4) is 0 Å². The fourth-order valence-corrected chi connectivity index (χ4v) is 2.20. The van der Waals surface area contributed by atoms with Gasteiger partial charge in [0.25, 0.3) is 0 Å². The summed E-state index contributed by atoms with van der Waals surface area (Å²) < 4.78 is 0. The number of hydrogen-bond donors (Lipinski definition) is 2. The van der Waals surface area contributed by atoms with Crippen LogP contribution in [0.2, 0.25) is 0 Å². The van der Waals surface area contributed by atoms with E-state index in [1.807, 2.05) is 17.5 Å². The van der Waals surface area contributed by atoms with Crippen molar-refractivity contribution in [3.63, 3.8) is 0 Å². The largest absolute Gasteiger partial charge is 0.394 e. The second-order valence-corrected chi connectivity index (χ2v) is 4.34. The summed E-state index contributed by atoms with van der Waals surface area (Å²) in [6.45, 7) is 2.17. The molecule has 1 heterocycles. The molecule has 0 aliphatic rings. The minimum atomic E-state index is -0.510. The minimum absolute atomic E-state index is 0.0352. The van der Waals surface area contributed by atoms with Gasteiger partial charge >= 0.3 is 0 Å². The van der Waals surface area contributed by atoms with E-state index in [4.69, 9.17) is 5.73 Å². The van der Waals surface area contributed by atoms with Crippen LogP contribution in [0.25, 0.3) is 0 Å². The number of rotatable bonds is 5. The molecule has 1 atom stereocenters. The Labute approximate surface area is 83.4 Å². The van der Waals surface area contributed by atoms with Crippen molar-refractivity contribution in [1.82, 2.24) is 0 Å². The van der Waals surface area contributed by atoms with E-state index in [-0.39, 0.29) is 6.61 Å². The molecule has 0 spiro atoms. The highest BCUT2D eigenvalue weighted by atomic mass is 32.1.